The summed E-state index contributed by atoms with van der Waals surface area (Å²) in [5.74, 6) is 0.421. The molecule has 0 radical (unpaired) electrons. The Hall–Kier alpha value is -1.73. The highest BCUT2D eigenvalue weighted by atomic mass is 32.2. The van der Waals surface area contributed by atoms with E-state index in [0.29, 0.717) is 11.7 Å². The van der Waals surface area contributed by atoms with Crippen LogP contribution in [0, 0.1) is 0 Å². The van der Waals surface area contributed by atoms with Gasteiger partial charge in [0, 0.05) is 5.56 Å². The van der Waals surface area contributed by atoms with Crippen LogP contribution in [0.1, 0.15) is 51.5 Å². The lowest BCUT2D eigenvalue weighted by atomic mass is 10.0. The zero-order valence-electron chi connectivity index (χ0n) is 14.5. The summed E-state index contributed by atoms with van der Waals surface area (Å²) in [7, 11) is -3.41. The number of benzene rings is 1. The maximum atomic E-state index is 12.1. The van der Waals surface area contributed by atoms with Gasteiger partial charge in [0.05, 0.1) is 11.4 Å². The highest BCUT2D eigenvalue weighted by molar-refractivity contribution is 7.90. The molecule has 132 valence electrons. The van der Waals surface area contributed by atoms with Gasteiger partial charge in [0.25, 0.3) is 0 Å². The highest BCUT2D eigenvalue weighted by Gasteiger charge is 2.22. The fourth-order valence-electron chi connectivity index (χ4n) is 2.11. The van der Waals surface area contributed by atoms with E-state index in [9.17, 15) is 13.5 Å². The van der Waals surface area contributed by atoms with Gasteiger partial charge in [-0.2, -0.15) is 4.98 Å². The van der Waals surface area contributed by atoms with Crippen LogP contribution < -0.4 is 0 Å². The lowest BCUT2D eigenvalue weighted by molar-refractivity contribution is 0.0772. The molecule has 0 atom stereocenters. The van der Waals surface area contributed by atoms with Crippen molar-refractivity contribution in [2.75, 3.05) is 5.75 Å². The van der Waals surface area contributed by atoms with Gasteiger partial charge in [-0.15, -0.1) is 0 Å². The van der Waals surface area contributed by atoms with E-state index in [2.05, 4.69) is 24.0 Å². The van der Waals surface area contributed by atoms with Crippen molar-refractivity contribution in [3.8, 4) is 11.4 Å². The molecule has 0 fully saturated rings. The van der Waals surface area contributed by atoms with E-state index in [1.54, 1.807) is 13.8 Å². The second kappa shape index (κ2) is 7.03. The van der Waals surface area contributed by atoms with Crippen molar-refractivity contribution in [2.45, 2.75) is 51.4 Å². The third kappa shape index (κ3) is 5.42. The predicted molar refractivity (Wildman–Crippen MR) is 92.2 cm³/mol. The molecule has 1 heterocycles. The summed E-state index contributed by atoms with van der Waals surface area (Å²) in [6.45, 7) is 7.38. The minimum Gasteiger partial charge on any atom is -0.390 e. The number of aromatic nitrogens is 2. The monoisotopic (exact) mass is 352 g/mol. The first kappa shape index (κ1) is 18.6. The SMILES string of the molecule is CC(C)c1ccc(-c2noc(CS(=O)(=O)CCC(C)(C)O)n2)cc1. The van der Waals surface area contributed by atoms with Crippen molar-refractivity contribution in [2.24, 2.45) is 0 Å². The topological polar surface area (TPSA) is 93.3 Å². The number of rotatable bonds is 7. The summed E-state index contributed by atoms with van der Waals surface area (Å²) >= 11 is 0. The van der Waals surface area contributed by atoms with E-state index in [4.69, 9.17) is 4.52 Å². The minimum atomic E-state index is -3.41. The van der Waals surface area contributed by atoms with Crippen molar-refractivity contribution in [3.63, 3.8) is 0 Å². The number of hydrogen-bond donors (Lipinski definition) is 1. The van der Waals surface area contributed by atoms with Gasteiger partial charge in [-0.25, -0.2) is 8.42 Å². The summed E-state index contributed by atoms with van der Waals surface area (Å²) in [6, 6.07) is 7.78. The van der Waals surface area contributed by atoms with Gasteiger partial charge in [-0.05, 0) is 31.7 Å². The average molecular weight is 352 g/mol. The first-order chi connectivity index (χ1) is 11.1. The molecule has 0 aliphatic heterocycles. The Kier molecular flexibility index (Phi) is 5.45. The fraction of sp³-hybridized carbons (Fsp3) is 0.529. The molecule has 2 rings (SSSR count). The van der Waals surface area contributed by atoms with E-state index >= 15 is 0 Å². The molecule has 0 saturated carbocycles. The van der Waals surface area contributed by atoms with Crippen molar-refractivity contribution in [1.29, 1.82) is 0 Å². The molecular formula is C17H24N2O4S. The second-order valence-corrected chi connectivity index (χ2v) is 9.13. The number of sulfone groups is 1. The molecule has 0 amide bonds. The molecule has 1 aromatic carbocycles. The van der Waals surface area contributed by atoms with E-state index in [-0.39, 0.29) is 23.8 Å². The molecular weight excluding hydrogens is 328 g/mol. The van der Waals surface area contributed by atoms with Crippen molar-refractivity contribution in [1.82, 2.24) is 10.1 Å². The van der Waals surface area contributed by atoms with Crippen molar-refractivity contribution < 1.29 is 18.0 Å². The van der Waals surface area contributed by atoms with E-state index in [1.807, 2.05) is 24.3 Å². The molecule has 7 heteroatoms. The van der Waals surface area contributed by atoms with Gasteiger partial charge in [-0.3, -0.25) is 0 Å². The van der Waals surface area contributed by atoms with Crippen LogP contribution in [0.5, 0.6) is 0 Å². The maximum Gasteiger partial charge on any atom is 0.242 e. The molecule has 0 aliphatic rings. The minimum absolute atomic E-state index is 0.0636. The molecule has 2 aromatic rings. The van der Waals surface area contributed by atoms with E-state index in [1.165, 1.54) is 5.56 Å². The van der Waals surface area contributed by atoms with Crippen LogP contribution in [0.4, 0.5) is 0 Å². The smallest absolute Gasteiger partial charge is 0.242 e. The first-order valence-electron chi connectivity index (χ1n) is 7.91. The van der Waals surface area contributed by atoms with E-state index in [0.717, 1.165) is 5.56 Å². The zero-order valence-corrected chi connectivity index (χ0v) is 15.3. The van der Waals surface area contributed by atoms with Gasteiger partial charge in [0.2, 0.25) is 11.7 Å². The number of hydrogen-bond acceptors (Lipinski definition) is 6. The lowest BCUT2D eigenvalue weighted by Gasteiger charge is -2.15. The summed E-state index contributed by atoms with van der Waals surface area (Å²) in [6.07, 6.45) is 0.160. The Morgan fingerprint density at radius 3 is 2.38 bits per heavy atom. The van der Waals surface area contributed by atoms with E-state index < -0.39 is 15.4 Å². The lowest BCUT2D eigenvalue weighted by Crippen LogP contribution is -2.24. The summed E-state index contributed by atoms with van der Waals surface area (Å²) < 4.78 is 29.2. The van der Waals surface area contributed by atoms with Gasteiger partial charge >= 0.3 is 0 Å². The average Bonchev–Trinajstić information content (AvgIpc) is 2.92. The van der Waals surface area contributed by atoms with Crippen LogP contribution in [0.15, 0.2) is 28.8 Å². The predicted octanol–water partition coefficient (Wildman–Crippen LogP) is 2.94. The molecule has 1 aromatic heterocycles. The second-order valence-electron chi connectivity index (χ2n) is 6.94. The number of nitrogens with zero attached hydrogens (tertiary/aromatic N) is 2. The van der Waals surface area contributed by atoms with Crippen molar-refractivity contribution >= 4 is 9.84 Å². The Labute approximate surface area is 142 Å². The molecule has 0 aliphatic carbocycles. The normalized spacial score (nSPS) is 12.8. The molecule has 0 bridgehead atoms. The van der Waals surface area contributed by atoms with Gasteiger partial charge < -0.3 is 9.63 Å². The van der Waals surface area contributed by atoms with Crippen LogP contribution in [0.25, 0.3) is 11.4 Å². The Bertz CT molecular complexity index is 772. The molecule has 0 saturated heterocycles. The molecule has 24 heavy (non-hydrogen) atoms. The Morgan fingerprint density at radius 2 is 1.83 bits per heavy atom. The van der Waals surface area contributed by atoms with Gasteiger partial charge in [-0.1, -0.05) is 43.3 Å². The fourth-order valence-corrected chi connectivity index (χ4v) is 3.56. The molecule has 0 spiro atoms. The summed E-state index contributed by atoms with van der Waals surface area (Å²) in [5, 5.41) is 13.5. The zero-order chi connectivity index (χ0) is 18.0. The summed E-state index contributed by atoms with van der Waals surface area (Å²) in [5.41, 5.74) is 0.963. The molecule has 1 N–H and O–H groups in total. The maximum absolute atomic E-state index is 12.1. The Morgan fingerprint density at radius 1 is 1.21 bits per heavy atom. The van der Waals surface area contributed by atoms with Crippen LogP contribution in [0.3, 0.4) is 0 Å². The van der Waals surface area contributed by atoms with Gasteiger partial charge in [0.1, 0.15) is 5.75 Å². The summed E-state index contributed by atoms with van der Waals surface area (Å²) in [4.78, 5) is 4.17. The highest BCUT2D eigenvalue weighted by Crippen LogP contribution is 2.21. The van der Waals surface area contributed by atoms with Crippen LogP contribution in [0.2, 0.25) is 0 Å². The van der Waals surface area contributed by atoms with Gasteiger partial charge in [0.15, 0.2) is 9.84 Å². The molecule has 6 nitrogen and oxygen atoms in total. The largest absolute Gasteiger partial charge is 0.390 e. The third-order valence-electron chi connectivity index (χ3n) is 3.67. The Balaban J connectivity index is 2.07. The van der Waals surface area contributed by atoms with Crippen LogP contribution in [-0.4, -0.2) is 35.0 Å². The number of aliphatic hydroxyl groups is 1. The molecule has 0 unspecified atom stereocenters. The van der Waals surface area contributed by atoms with Crippen molar-refractivity contribution in [3.05, 3.63) is 35.7 Å². The van der Waals surface area contributed by atoms with Crippen LogP contribution >= 0.6 is 0 Å². The standard InChI is InChI=1S/C17H24N2O4S/c1-12(2)13-5-7-14(8-6-13)16-18-15(23-19-16)11-24(21,22)10-9-17(3,4)20/h5-8,12,20H,9-11H2,1-4H3. The first-order valence-corrected chi connectivity index (χ1v) is 9.74. The quantitative estimate of drug-likeness (QED) is 0.823. The van der Waals surface area contributed by atoms with Crippen LogP contribution in [-0.2, 0) is 15.6 Å². The third-order valence-corrected chi connectivity index (χ3v) is 5.18.